The molecule has 0 amide bonds. The maximum Gasteiger partial charge on any atom is 0.0608 e. The van der Waals surface area contributed by atoms with Gasteiger partial charge in [-0.25, -0.2) is 0 Å². The van der Waals surface area contributed by atoms with E-state index in [0.717, 1.165) is 12.3 Å². The Hall–Kier alpha value is -0.300. The van der Waals surface area contributed by atoms with Crippen molar-refractivity contribution in [2.45, 2.75) is 32.3 Å². The zero-order valence-electron chi connectivity index (χ0n) is 6.38. The van der Waals surface area contributed by atoms with Crippen LogP contribution in [0.15, 0.2) is 11.6 Å². The van der Waals surface area contributed by atoms with Crippen LogP contribution in [-0.2, 0) is 0 Å². The Balaban J connectivity index is 2.20. The van der Waals surface area contributed by atoms with Crippen LogP contribution in [0.25, 0.3) is 0 Å². The number of rotatable bonds is 0. The van der Waals surface area contributed by atoms with Gasteiger partial charge in [0.2, 0.25) is 0 Å². The van der Waals surface area contributed by atoms with Crippen molar-refractivity contribution in [3.8, 4) is 0 Å². The highest BCUT2D eigenvalue weighted by Crippen LogP contribution is 2.47. The van der Waals surface area contributed by atoms with E-state index in [4.69, 9.17) is 0 Å². The van der Waals surface area contributed by atoms with Crippen LogP contribution in [-0.4, -0.2) is 11.2 Å². The summed E-state index contributed by atoms with van der Waals surface area (Å²) < 4.78 is 0. The highest BCUT2D eigenvalue weighted by atomic mass is 16.3. The lowest BCUT2D eigenvalue weighted by atomic mass is 9.92. The fraction of sp³-hybridized carbons (Fsp3) is 0.778. The molecule has 3 atom stereocenters. The van der Waals surface area contributed by atoms with Crippen molar-refractivity contribution in [1.82, 2.24) is 0 Å². The Kier molecular flexibility index (Phi) is 1.34. The van der Waals surface area contributed by atoms with Gasteiger partial charge in [0.25, 0.3) is 0 Å². The molecule has 0 aliphatic heterocycles. The predicted octanol–water partition coefficient (Wildman–Crippen LogP) is 1.72. The molecule has 56 valence electrons. The summed E-state index contributed by atoms with van der Waals surface area (Å²) in [5.41, 5.74) is 1.50. The summed E-state index contributed by atoms with van der Waals surface area (Å²) in [5, 5.41) is 9.48. The Labute approximate surface area is 61.8 Å². The van der Waals surface area contributed by atoms with Crippen LogP contribution in [0.5, 0.6) is 0 Å². The Morgan fingerprint density at radius 1 is 1.50 bits per heavy atom. The third-order valence-corrected chi connectivity index (χ3v) is 3.00. The molecular weight excluding hydrogens is 124 g/mol. The minimum atomic E-state index is -0.00931. The van der Waals surface area contributed by atoms with Gasteiger partial charge in [0.15, 0.2) is 0 Å². The van der Waals surface area contributed by atoms with Gasteiger partial charge < -0.3 is 5.11 Å². The van der Waals surface area contributed by atoms with Gasteiger partial charge in [0.1, 0.15) is 0 Å². The highest BCUT2D eigenvalue weighted by Gasteiger charge is 2.41. The zero-order chi connectivity index (χ0) is 7.14. The number of allylic oxidation sites excluding steroid dienone is 1. The lowest BCUT2D eigenvalue weighted by Gasteiger charge is -2.18. The van der Waals surface area contributed by atoms with E-state index in [2.05, 4.69) is 13.0 Å². The second-order valence-electron chi connectivity index (χ2n) is 3.58. The van der Waals surface area contributed by atoms with Crippen LogP contribution < -0.4 is 0 Å². The second-order valence-corrected chi connectivity index (χ2v) is 3.58. The number of hydrogen-bond acceptors (Lipinski definition) is 1. The molecule has 2 fully saturated rings. The summed E-state index contributed by atoms with van der Waals surface area (Å²) in [7, 11) is 0. The standard InChI is InChI=1S/C9H14O/c1-2-7-3-6-4-8(7)9(10)5-6/h2,6,8-10H,3-5H2,1H3/b7-2-. The third-order valence-electron chi connectivity index (χ3n) is 3.00. The lowest BCUT2D eigenvalue weighted by Crippen LogP contribution is -2.17. The van der Waals surface area contributed by atoms with Crippen LogP contribution in [0.1, 0.15) is 26.2 Å². The van der Waals surface area contributed by atoms with Gasteiger partial charge in [-0.15, -0.1) is 0 Å². The van der Waals surface area contributed by atoms with Crippen LogP contribution in [0.2, 0.25) is 0 Å². The van der Waals surface area contributed by atoms with Gasteiger partial charge in [-0.2, -0.15) is 0 Å². The van der Waals surface area contributed by atoms with Crippen LogP contribution in [0.3, 0.4) is 0 Å². The molecule has 3 unspecified atom stereocenters. The first-order valence-electron chi connectivity index (χ1n) is 4.14. The summed E-state index contributed by atoms with van der Waals surface area (Å²) in [6.45, 7) is 2.09. The molecule has 0 aromatic rings. The molecule has 0 aromatic carbocycles. The van der Waals surface area contributed by atoms with Crippen molar-refractivity contribution in [2.75, 3.05) is 0 Å². The van der Waals surface area contributed by atoms with E-state index >= 15 is 0 Å². The van der Waals surface area contributed by atoms with E-state index in [9.17, 15) is 5.11 Å². The molecule has 0 aromatic heterocycles. The highest BCUT2D eigenvalue weighted by molar-refractivity contribution is 5.18. The van der Waals surface area contributed by atoms with E-state index in [1.807, 2.05) is 0 Å². The molecule has 0 saturated heterocycles. The van der Waals surface area contributed by atoms with E-state index in [1.165, 1.54) is 18.4 Å². The van der Waals surface area contributed by atoms with Gasteiger partial charge in [-0.05, 0) is 32.1 Å². The topological polar surface area (TPSA) is 20.2 Å². The molecule has 0 spiro atoms. The number of hydrogen-bond donors (Lipinski definition) is 1. The van der Waals surface area contributed by atoms with Crippen molar-refractivity contribution in [3.05, 3.63) is 11.6 Å². The van der Waals surface area contributed by atoms with Crippen LogP contribution in [0.4, 0.5) is 0 Å². The fourth-order valence-corrected chi connectivity index (χ4v) is 2.50. The Morgan fingerprint density at radius 3 is 2.70 bits per heavy atom. The number of aliphatic hydroxyl groups excluding tert-OH is 1. The molecule has 10 heavy (non-hydrogen) atoms. The molecule has 2 bridgehead atoms. The van der Waals surface area contributed by atoms with Crippen molar-refractivity contribution in [2.24, 2.45) is 11.8 Å². The molecule has 2 rings (SSSR count). The Bertz CT molecular complexity index is 172. The average Bonchev–Trinajstić information content (AvgIpc) is 2.44. The molecular formula is C9H14O. The fourth-order valence-electron chi connectivity index (χ4n) is 2.50. The normalized spacial score (nSPS) is 49.0. The third kappa shape index (κ3) is 0.734. The summed E-state index contributed by atoms with van der Waals surface area (Å²) in [4.78, 5) is 0. The average molecular weight is 138 g/mol. The molecule has 2 saturated carbocycles. The summed E-state index contributed by atoms with van der Waals surface area (Å²) >= 11 is 0. The van der Waals surface area contributed by atoms with E-state index < -0.39 is 0 Å². The van der Waals surface area contributed by atoms with Gasteiger partial charge >= 0.3 is 0 Å². The first-order chi connectivity index (χ1) is 4.81. The maximum atomic E-state index is 9.48. The lowest BCUT2D eigenvalue weighted by molar-refractivity contribution is 0.135. The van der Waals surface area contributed by atoms with Gasteiger partial charge in [-0.3, -0.25) is 0 Å². The predicted molar refractivity (Wildman–Crippen MR) is 40.6 cm³/mol. The van der Waals surface area contributed by atoms with E-state index in [1.54, 1.807) is 0 Å². The number of aliphatic hydroxyl groups is 1. The zero-order valence-corrected chi connectivity index (χ0v) is 6.38. The summed E-state index contributed by atoms with van der Waals surface area (Å²) in [6, 6.07) is 0. The monoisotopic (exact) mass is 138 g/mol. The van der Waals surface area contributed by atoms with Crippen molar-refractivity contribution >= 4 is 0 Å². The van der Waals surface area contributed by atoms with Gasteiger partial charge in [-0.1, -0.05) is 11.6 Å². The van der Waals surface area contributed by atoms with Crippen molar-refractivity contribution in [3.63, 3.8) is 0 Å². The Morgan fingerprint density at radius 2 is 2.30 bits per heavy atom. The van der Waals surface area contributed by atoms with Crippen molar-refractivity contribution in [1.29, 1.82) is 0 Å². The smallest absolute Gasteiger partial charge is 0.0608 e. The van der Waals surface area contributed by atoms with Crippen LogP contribution in [0, 0.1) is 11.8 Å². The maximum absolute atomic E-state index is 9.48. The molecule has 2 aliphatic rings. The molecule has 1 heteroatoms. The first-order valence-corrected chi connectivity index (χ1v) is 4.14. The van der Waals surface area contributed by atoms with Gasteiger partial charge in [0.05, 0.1) is 6.10 Å². The molecule has 0 radical (unpaired) electrons. The molecule has 0 heterocycles. The van der Waals surface area contributed by atoms with E-state index in [-0.39, 0.29) is 6.10 Å². The summed E-state index contributed by atoms with van der Waals surface area (Å²) in [6.07, 6.45) is 5.75. The first kappa shape index (κ1) is 6.41. The summed E-state index contributed by atoms with van der Waals surface area (Å²) in [5.74, 6) is 1.35. The van der Waals surface area contributed by atoms with E-state index in [0.29, 0.717) is 5.92 Å². The quantitative estimate of drug-likeness (QED) is 0.505. The SMILES string of the molecule is C/C=C1/CC2CC(O)C1C2. The largest absolute Gasteiger partial charge is 0.392 e. The molecule has 2 aliphatic carbocycles. The minimum absolute atomic E-state index is 0.00931. The van der Waals surface area contributed by atoms with Crippen LogP contribution >= 0.6 is 0 Å². The second kappa shape index (κ2) is 2.09. The number of fused-ring (bicyclic) bond motifs is 2. The molecule has 1 nitrogen and oxygen atoms in total. The van der Waals surface area contributed by atoms with Gasteiger partial charge in [0, 0.05) is 5.92 Å². The molecule has 1 N–H and O–H groups in total. The minimum Gasteiger partial charge on any atom is -0.392 e. The van der Waals surface area contributed by atoms with Crippen molar-refractivity contribution < 1.29 is 5.11 Å².